The lowest BCUT2D eigenvalue weighted by Crippen LogP contribution is -2.14. The first-order valence-corrected chi connectivity index (χ1v) is 4.37. The topological polar surface area (TPSA) is 39.2 Å². The number of nitrogens with two attached hydrogens (primary N) is 1. The Hall–Kier alpha value is -0.760. The van der Waals surface area contributed by atoms with E-state index >= 15 is 0 Å². The summed E-state index contributed by atoms with van der Waals surface area (Å²) < 4.78 is 5.63. The van der Waals surface area contributed by atoms with E-state index in [1.807, 2.05) is 6.92 Å². The number of hydrogen-bond acceptors (Lipinski definition) is 2. The lowest BCUT2D eigenvalue weighted by Gasteiger charge is -2.16. The summed E-state index contributed by atoms with van der Waals surface area (Å²) in [4.78, 5) is 0. The van der Waals surface area contributed by atoms with Crippen molar-refractivity contribution >= 4 is 0 Å². The van der Waals surface area contributed by atoms with Crippen molar-refractivity contribution in [1.82, 2.24) is 0 Å². The smallest absolute Gasteiger partial charge is 0.114 e. The highest BCUT2D eigenvalue weighted by atomic mass is 16.3. The summed E-state index contributed by atoms with van der Waals surface area (Å²) in [6, 6.07) is 2.24. The molecule has 0 spiro atoms. The fourth-order valence-electron chi connectivity index (χ4n) is 2.09. The van der Waals surface area contributed by atoms with Gasteiger partial charge in [0.15, 0.2) is 0 Å². The van der Waals surface area contributed by atoms with E-state index in [-0.39, 0.29) is 11.5 Å². The molecule has 2 heteroatoms. The van der Waals surface area contributed by atoms with Gasteiger partial charge in [-0.3, -0.25) is 0 Å². The van der Waals surface area contributed by atoms with Gasteiger partial charge in [0.2, 0.25) is 0 Å². The lowest BCUT2D eigenvalue weighted by atomic mass is 9.91. The number of aryl methyl sites for hydroxylation is 1. The zero-order valence-corrected chi connectivity index (χ0v) is 7.85. The maximum Gasteiger partial charge on any atom is 0.114 e. The predicted molar refractivity (Wildman–Crippen MR) is 48.0 cm³/mol. The molecule has 1 aromatic rings. The van der Waals surface area contributed by atoms with Crippen LogP contribution in [0, 0.1) is 6.92 Å². The third-order valence-corrected chi connectivity index (χ3v) is 2.63. The Balaban J connectivity index is 2.56. The van der Waals surface area contributed by atoms with Crippen molar-refractivity contribution in [2.45, 2.75) is 38.6 Å². The molecule has 66 valence electrons. The Bertz CT molecular complexity index is 312. The van der Waals surface area contributed by atoms with Gasteiger partial charge in [-0.25, -0.2) is 0 Å². The molecule has 0 aromatic carbocycles. The summed E-state index contributed by atoms with van der Waals surface area (Å²) in [5.74, 6) is 2.07. The van der Waals surface area contributed by atoms with Crippen LogP contribution in [0.15, 0.2) is 10.5 Å². The van der Waals surface area contributed by atoms with Crippen LogP contribution in [0.3, 0.4) is 0 Å². The van der Waals surface area contributed by atoms with Crippen LogP contribution in [-0.4, -0.2) is 0 Å². The third-order valence-electron chi connectivity index (χ3n) is 2.63. The van der Waals surface area contributed by atoms with E-state index < -0.39 is 0 Å². The van der Waals surface area contributed by atoms with Crippen LogP contribution in [0.25, 0.3) is 0 Å². The van der Waals surface area contributed by atoms with E-state index in [4.69, 9.17) is 10.2 Å². The minimum Gasteiger partial charge on any atom is -0.465 e. The summed E-state index contributed by atoms with van der Waals surface area (Å²) in [7, 11) is 0. The van der Waals surface area contributed by atoms with Gasteiger partial charge < -0.3 is 10.2 Å². The molecule has 0 aliphatic heterocycles. The minimum absolute atomic E-state index is 0.128. The normalized spacial score (nSPS) is 25.8. The molecule has 0 amide bonds. The quantitative estimate of drug-likeness (QED) is 0.640. The molecular formula is C10H15NO. The summed E-state index contributed by atoms with van der Waals surface area (Å²) >= 11 is 0. The van der Waals surface area contributed by atoms with Crippen molar-refractivity contribution < 1.29 is 4.42 Å². The molecule has 1 heterocycles. The Labute approximate surface area is 72.7 Å². The second kappa shape index (κ2) is 2.13. The van der Waals surface area contributed by atoms with E-state index in [9.17, 15) is 0 Å². The summed E-state index contributed by atoms with van der Waals surface area (Å²) in [6.45, 7) is 6.34. The first-order chi connectivity index (χ1) is 5.50. The summed E-state index contributed by atoms with van der Waals surface area (Å²) in [5.41, 5.74) is 7.31. The maximum atomic E-state index is 5.98. The Morgan fingerprint density at radius 2 is 2.25 bits per heavy atom. The van der Waals surface area contributed by atoms with Gasteiger partial charge in [0.05, 0.1) is 0 Å². The van der Waals surface area contributed by atoms with E-state index in [2.05, 4.69) is 19.9 Å². The molecule has 1 atom stereocenters. The third kappa shape index (κ3) is 0.911. The van der Waals surface area contributed by atoms with Gasteiger partial charge in [0, 0.05) is 17.0 Å². The highest BCUT2D eigenvalue weighted by molar-refractivity contribution is 5.35. The van der Waals surface area contributed by atoms with Crippen LogP contribution < -0.4 is 5.73 Å². The van der Waals surface area contributed by atoms with Crippen molar-refractivity contribution in [3.8, 4) is 0 Å². The van der Waals surface area contributed by atoms with Crippen LogP contribution in [-0.2, 0) is 5.41 Å². The van der Waals surface area contributed by atoms with Crippen molar-refractivity contribution in [2.75, 3.05) is 0 Å². The van der Waals surface area contributed by atoms with E-state index in [1.54, 1.807) is 0 Å². The molecule has 1 aliphatic carbocycles. The van der Waals surface area contributed by atoms with E-state index in [1.165, 1.54) is 5.56 Å². The Morgan fingerprint density at radius 1 is 1.58 bits per heavy atom. The highest BCUT2D eigenvalue weighted by Crippen LogP contribution is 2.44. The number of fused-ring (bicyclic) bond motifs is 1. The second-order valence-corrected chi connectivity index (χ2v) is 4.34. The molecule has 0 fully saturated rings. The number of furan rings is 1. The molecule has 0 unspecified atom stereocenters. The zero-order chi connectivity index (χ0) is 8.93. The van der Waals surface area contributed by atoms with Gasteiger partial charge >= 0.3 is 0 Å². The van der Waals surface area contributed by atoms with Gasteiger partial charge in [0.1, 0.15) is 11.5 Å². The Morgan fingerprint density at radius 3 is 2.83 bits per heavy atom. The summed E-state index contributed by atoms with van der Waals surface area (Å²) in [5, 5.41) is 0. The van der Waals surface area contributed by atoms with Crippen LogP contribution in [0.2, 0.25) is 0 Å². The SMILES string of the molecule is Cc1cc2c(o1)C(C)(C)C[C@@H]2N. The number of hydrogen-bond donors (Lipinski definition) is 1. The molecular weight excluding hydrogens is 150 g/mol. The summed E-state index contributed by atoms with van der Waals surface area (Å²) in [6.07, 6.45) is 1.00. The van der Waals surface area contributed by atoms with Crippen molar-refractivity contribution in [2.24, 2.45) is 5.73 Å². The van der Waals surface area contributed by atoms with E-state index in [0.717, 1.165) is 17.9 Å². The average Bonchev–Trinajstić information content (AvgIpc) is 2.37. The highest BCUT2D eigenvalue weighted by Gasteiger charge is 2.38. The van der Waals surface area contributed by atoms with Crippen LogP contribution in [0.4, 0.5) is 0 Å². The largest absolute Gasteiger partial charge is 0.465 e. The van der Waals surface area contributed by atoms with Gasteiger partial charge in [-0.15, -0.1) is 0 Å². The molecule has 0 saturated heterocycles. The molecule has 0 radical (unpaired) electrons. The minimum atomic E-state index is 0.128. The maximum absolute atomic E-state index is 5.98. The molecule has 2 rings (SSSR count). The molecule has 12 heavy (non-hydrogen) atoms. The molecule has 0 saturated carbocycles. The molecule has 0 bridgehead atoms. The lowest BCUT2D eigenvalue weighted by molar-refractivity contribution is 0.370. The number of rotatable bonds is 0. The zero-order valence-electron chi connectivity index (χ0n) is 7.85. The first kappa shape index (κ1) is 7.87. The molecule has 2 nitrogen and oxygen atoms in total. The van der Waals surface area contributed by atoms with Gasteiger partial charge in [-0.2, -0.15) is 0 Å². The fourth-order valence-corrected chi connectivity index (χ4v) is 2.09. The van der Waals surface area contributed by atoms with Crippen molar-refractivity contribution in [1.29, 1.82) is 0 Å². The van der Waals surface area contributed by atoms with Crippen LogP contribution in [0.5, 0.6) is 0 Å². The first-order valence-electron chi connectivity index (χ1n) is 4.37. The van der Waals surface area contributed by atoms with Gasteiger partial charge in [0.25, 0.3) is 0 Å². The second-order valence-electron chi connectivity index (χ2n) is 4.34. The van der Waals surface area contributed by atoms with Crippen LogP contribution >= 0.6 is 0 Å². The van der Waals surface area contributed by atoms with Crippen molar-refractivity contribution in [3.63, 3.8) is 0 Å². The Kier molecular flexibility index (Phi) is 1.40. The van der Waals surface area contributed by atoms with Gasteiger partial charge in [-0.05, 0) is 19.4 Å². The van der Waals surface area contributed by atoms with E-state index in [0.29, 0.717) is 0 Å². The van der Waals surface area contributed by atoms with Crippen molar-refractivity contribution in [3.05, 3.63) is 23.2 Å². The standard InChI is InChI=1S/C10H15NO/c1-6-4-7-8(11)5-10(2,3)9(7)12-6/h4,8H,5,11H2,1-3H3/t8-/m0/s1. The van der Waals surface area contributed by atoms with Crippen LogP contribution in [0.1, 0.15) is 43.4 Å². The molecule has 1 aliphatic rings. The molecule has 2 N–H and O–H groups in total. The average molecular weight is 165 g/mol. The van der Waals surface area contributed by atoms with Gasteiger partial charge in [-0.1, -0.05) is 13.8 Å². The fraction of sp³-hybridized carbons (Fsp3) is 0.600. The molecule has 1 aromatic heterocycles. The monoisotopic (exact) mass is 165 g/mol. The predicted octanol–water partition coefficient (Wildman–Crippen LogP) is 2.27.